The van der Waals surface area contributed by atoms with Gasteiger partial charge in [0.25, 0.3) is 0 Å². The molecule has 0 aliphatic rings. The van der Waals surface area contributed by atoms with Crippen LogP contribution in [0.2, 0.25) is 0 Å². The van der Waals surface area contributed by atoms with Crippen molar-refractivity contribution in [1.29, 1.82) is 0 Å². The standard InChI is InChI=1S/C23H22N2O5/c1-12(7-14-11-24-18-6-4-3-5-16(14)18)25-21(28)10-17-13(2)22-19(27)8-15(26)9-20(22)30-23(17)29/h3-6,8-9,11-12,24,26-27H,7,10H2,1-2H3,(H,25,28). The lowest BCUT2D eigenvalue weighted by Gasteiger charge is -2.14. The minimum atomic E-state index is -0.663. The third kappa shape index (κ3) is 3.61. The smallest absolute Gasteiger partial charge is 0.340 e. The number of carbonyl (C=O) groups excluding carboxylic acids is 1. The summed E-state index contributed by atoms with van der Waals surface area (Å²) in [7, 11) is 0. The fourth-order valence-electron chi connectivity index (χ4n) is 3.88. The molecule has 0 aliphatic heterocycles. The molecule has 2 aromatic carbocycles. The van der Waals surface area contributed by atoms with Crippen LogP contribution in [-0.2, 0) is 17.6 Å². The van der Waals surface area contributed by atoms with E-state index in [0.29, 0.717) is 17.4 Å². The average Bonchev–Trinajstić information content (AvgIpc) is 3.07. The molecule has 0 saturated heterocycles. The maximum atomic E-state index is 12.6. The lowest BCUT2D eigenvalue weighted by molar-refractivity contribution is -0.121. The third-order valence-electron chi connectivity index (χ3n) is 5.29. The summed E-state index contributed by atoms with van der Waals surface area (Å²) in [5.74, 6) is -0.727. The molecule has 30 heavy (non-hydrogen) atoms. The largest absolute Gasteiger partial charge is 0.508 e. The molecule has 1 unspecified atom stereocenters. The number of benzene rings is 2. The number of nitrogens with one attached hydrogen (secondary N) is 2. The van der Waals surface area contributed by atoms with Gasteiger partial charge in [0.05, 0.1) is 17.4 Å². The van der Waals surface area contributed by atoms with Gasteiger partial charge >= 0.3 is 5.63 Å². The third-order valence-corrected chi connectivity index (χ3v) is 5.29. The molecule has 2 heterocycles. The molecule has 4 N–H and O–H groups in total. The molecule has 1 amide bonds. The zero-order valence-corrected chi connectivity index (χ0v) is 16.7. The first-order valence-electron chi connectivity index (χ1n) is 9.66. The summed E-state index contributed by atoms with van der Waals surface area (Å²) in [6.45, 7) is 3.55. The van der Waals surface area contributed by atoms with Crippen LogP contribution < -0.4 is 10.9 Å². The SMILES string of the molecule is Cc1c(CC(=O)NC(C)Cc2c[nH]c3ccccc23)c(=O)oc2cc(O)cc(O)c12. The van der Waals surface area contributed by atoms with Crippen molar-refractivity contribution in [2.24, 2.45) is 0 Å². The number of amides is 1. The highest BCUT2D eigenvalue weighted by molar-refractivity contribution is 5.90. The number of para-hydroxylation sites is 1. The first kappa shape index (κ1) is 19.6. The Hall–Kier alpha value is -3.74. The van der Waals surface area contributed by atoms with Gasteiger partial charge < -0.3 is 24.9 Å². The number of rotatable bonds is 5. The van der Waals surface area contributed by atoms with Crippen LogP contribution in [0.25, 0.3) is 21.9 Å². The van der Waals surface area contributed by atoms with Gasteiger partial charge in [0.2, 0.25) is 5.91 Å². The van der Waals surface area contributed by atoms with E-state index in [1.807, 2.05) is 37.4 Å². The van der Waals surface area contributed by atoms with Crippen LogP contribution >= 0.6 is 0 Å². The number of aromatic nitrogens is 1. The molecule has 154 valence electrons. The van der Waals surface area contributed by atoms with Crippen LogP contribution in [0.15, 0.2) is 51.8 Å². The van der Waals surface area contributed by atoms with Crippen molar-refractivity contribution >= 4 is 27.8 Å². The Bertz CT molecular complexity index is 1320. The molecule has 4 rings (SSSR count). The first-order chi connectivity index (χ1) is 14.3. The van der Waals surface area contributed by atoms with Crippen molar-refractivity contribution in [2.75, 3.05) is 0 Å². The van der Waals surface area contributed by atoms with Crippen molar-refractivity contribution in [3.05, 3.63) is 69.7 Å². The van der Waals surface area contributed by atoms with Gasteiger partial charge in [0.1, 0.15) is 17.1 Å². The monoisotopic (exact) mass is 406 g/mol. The molecule has 2 aromatic heterocycles. The average molecular weight is 406 g/mol. The molecule has 1 atom stereocenters. The van der Waals surface area contributed by atoms with E-state index in [9.17, 15) is 19.8 Å². The summed E-state index contributed by atoms with van der Waals surface area (Å²) < 4.78 is 5.21. The molecule has 4 aromatic rings. The fourth-order valence-corrected chi connectivity index (χ4v) is 3.88. The Kier molecular flexibility index (Phi) is 4.95. The quantitative estimate of drug-likeness (QED) is 0.380. The van der Waals surface area contributed by atoms with Gasteiger partial charge in [0, 0.05) is 35.3 Å². The van der Waals surface area contributed by atoms with Gasteiger partial charge in [-0.05, 0) is 37.5 Å². The van der Waals surface area contributed by atoms with Crippen molar-refractivity contribution < 1.29 is 19.4 Å². The summed E-state index contributed by atoms with van der Waals surface area (Å²) >= 11 is 0. The van der Waals surface area contributed by atoms with Gasteiger partial charge in [-0.15, -0.1) is 0 Å². The normalized spacial score (nSPS) is 12.3. The Morgan fingerprint density at radius 1 is 1.23 bits per heavy atom. The van der Waals surface area contributed by atoms with Gasteiger partial charge in [-0.3, -0.25) is 4.79 Å². The fraction of sp³-hybridized carbons (Fsp3) is 0.217. The van der Waals surface area contributed by atoms with E-state index >= 15 is 0 Å². The minimum Gasteiger partial charge on any atom is -0.508 e. The molecule has 0 fully saturated rings. The Labute approximate surface area is 172 Å². The van der Waals surface area contributed by atoms with E-state index in [-0.39, 0.29) is 41.0 Å². The maximum Gasteiger partial charge on any atom is 0.340 e. The molecule has 0 saturated carbocycles. The van der Waals surface area contributed by atoms with E-state index < -0.39 is 5.63 Å². The minimum absolute atomic E-state index is 0.0758. The topological polar surface area (TPSA) is 116 Å². The van der Waals surface area contributed by atoms with E-state index in [1.54, 1.807) is 6.92 Å². The predicted octanol–water partition coefficient (Wildman–Crippen LogP) is 3.28. The van der Waals surface area contributed by atoms with Crippen LogP contribution in [0.5, 0.6) is 11.5 Å². The number of H-pyrrole nitrogens is 1. The van der Waals surface area contributed by atoms with E-state index in [4.69, 9.17) is 4.42 Å². The Morgan fingerprint density at radius 3 is 2.80 bits per heavy atom. The van der Waals surface area contributed by atoms with Gasteiger partial charge in [-0.25, -0.2) is 4.79 Å². The first-order valence-corrected chi connectivity index (χ1v) is 9.66. The summed E-state index contributed by atoms with van der Waals surface area (Å²) in [4.78, 5) is 28.2. The van der Waals surface area contributed by atoms with Gasteiger partial charge in [0.15, 0.2) is 0 Å². The molecular weight excluding hydrogens is 384 g/mol. The summed E-state index contributed by atoms with van der Waals surface area (Å²) in [6, 6.07) is 10.3. The van der Waals surface area contributed by atoms with E-state index in [1.165, 1.54) is 12.1 Å². The Balaban J connectivity index is 1.52. The van der Waals surface area contributed by atoms with Crippen molar-refractivity contribution in [1.82, 2.24) is 10.3 Å². The molecule has 7 nitrogen and oxygen atoms in total. The number of phenolic OH excluding ortho intramolecular Hbond substituents is 2. The Morgan fingerprint density at radius 2 is 2.00 bits per heavy atom. The zero-order valence-electron chi connectivity index (χ0n) is 16.7. The highest BCUT2D eigenvalue weighted by Crippen LogP contribution is 2.32. The number of hydrogen-bond acceptors (Lipinski definition) is 5. The molecule has 0 bridgehead atoms. The van der Waals surface area contributed by atoms with Crippen LogP contribution in [0.3, 0.4) is 0 Å². The predicted molar refractivity (Wildman–Crippen MR) is 114 cm³/mol. The second-order valence-electron chi connectivity index (χ2n) is 7.54. The van der Waals surface area contributed by atoms with Crippen LogP contribution in [0, 0.1) is 6.92 Å². The zero-order chi connectivity index (χ0) is 21.4. The molecule has 0 radical (unpaired) electrons. The molecule has 0 spiro atoms. The second kappa shape index (κ2) is 7.59. The van der Waals surface area contributed by atoms with Gasteiger partial charge in [-0.1, -0.05) is 18.2 Å². The molecule has 7 heteroatoms. The number of carbonyl (C=O) groups is 1. The number of aromatic amines is 1. The van der Waals surface area contributed by atoms with Crippen molar-refractivity contribution in [3.63, 3.8) is 0 Å². The molecular formula is C23H22N2O5. The van der Waals surface area contributed by atoms with Crippen molar-refractivity contribution in [2.45, 2.75) is 32.7 Å². The summed E-state index contributed by atoms with van der Waals surface area (Å²) in [6.07, 6.45) is 2.41. The number of hydrogen-bond donors (Lipinski definition) is 4. The van der Waals surface area contributed by atoms with Crippen LogP contribution in [0.4, 0.5) is 0 Å². The highest BCUT2D eigenvalue weighted by Gasteiger charge is 2.19. The summed E-state index contributed by atoms with van der Waals surface area (Å²) in [5.41, 5.74) is 2.19. The van der Waals surface area contributed by atoms with E-state index in [0.717, 1.165) is 16.5 Å². The maximum absolute atomic E-state index is 12.6. The highest BCUT2D eigenvalue weighted by atomic mass is 16.4. The van der Waals surface area contributed by atoms with Crippen LogP contribution in [0.1, 0.15) is 23.6 Å². The number of aromatic hydroxyl groups is 2. The molecule has 0 aliphatic carbocycles. The summed E-state index contributed by atoms with van der Waals surface area (Å²) in [5, 5.41) is 24.1. The van der Waals surface area contributed by atoms with E-state index in [2.05, 4.69) is 10.3 Å². The number of aryl methyl sites for hydroxylation is 1. The second-order valence-corrected chi connectivity index (χ2v) is 7.54. The number of fused-ring (bicyclic) bond motifs is 2. The van der Waals surface area contributed by atoms with Crippen LogP contribution in [-0.4, -0.2) is 27.1 Å². The van der Waals surface area contributed by atoms with Gasteiger partial charge in [-0.2, -0.15) is 0 Å². The lowest BCUT2D eigenvalue weighted by atomic mass is 10.0. The number of phenols is 2. The lowest BCUT2D eigenvalue weighted by Crippen LogP contribution is -2.36. The van der Waals surface area contributed by atoms with Crippen molar-refractivity contribution in [3.8, 4) is 11.5 Å².